The molecular formula is C13H18BrNO2. The Balaban J connectivity index is 1.97. The maximum absolute atomic E-state index is 5.88. The van der Waals surface area contributed by atoms with E-state index in [4.69, 9.17) is 10.6 Å². The largest absolute Gasteiger partial charge is 0.493 e. The molecule has 1 saturated carbocycles. The summed E-state index contributed by atoms with van der Waals surface area (Å²) in [6.45, 7) is 1.34. The van der Waals surface area contributed by atoms with Gasteiger partial charge < -0.3 is 9.57 Å². The number of benzene rings is 1. The molecule has 1 fully saturated rings. The Morgan fingerprint density at radius 1 is 1.35 bits per heavy atom. The maximum Gasteiger partial charge on any atom is 0.122 e. The third-order valence-electron chi connectivity index (χ3n) is 3.21. The smallest absolute Gasteiger partial charge is 0.122 e. The molecule has 0 unspecified atom stereocenters. The van der Waals surface area contributed by atoms with E-state index in [1.807, 2.05) is 12.1 Å². The Labute approximate surface area is 110 Å². The average Bonchev–Trinajstić information content (AvgIpc) is 2.26. The van der Waals surface area contributed by atoms with Crippen LogP contribution in [0.25, 0.3) is 0 Å². The first-order valence-electron chi connectivity index (χ1n) is 6.02. The number of nitrogens with two attached hydrogens (primary N) is 1. The molecule has 0 aliphatic heterocycles. The van der Waals surface area contributed by atoms with Crippen molar-refractivity contribution in [2.75, 3.05) is 13.2 Å². The van der Waals surface area contributed by atoms with Gasteiger partial charge in [-0.2, -0.15) is 0 Å². The van der Waals surface area contributed by atoms with E-state index in [1.54, 1.807) is 0 Å². The molecule has 0 bridgehead atoms. The van der Waals surface area contributed by atoms with Crippen molar-refractivity contribution in [2.45, 2.75) is 25.7 Å². The van der Waals surface area contributed by atoms with E-state index in [0.717, 1.165) is 34.7 Å². The monoisotopic (exact) mass is 299 g/mol. The molecule has 1 aromatic carbocycles. The van der Waals surface area contributed by atoms with Crippen LogP contribution in [0.2, 0.25) is 0 Å². The fourth-order valence-corrected chi connectivity index (χ4v) is 2.33. The topological polar surface area (TPSA) is 44.5 Å². The highest BCUT2D eigenvalue weighted by atomic mass is 79.9. The summed E-state index contributed by atoms with van der Waals surface area (Å²) < 4.78 is 6.93. The third kappa shape index (κ3) is 3.69. The second-order valence-corrected chi connectivity index (χ2v) is 5.40. The van der Waals surface area contributed by atoms with Gasteiger partial charge in [-0.05, 0) is 42.5 Å². The van der Waals surface area contributed by atoms with E-state index >= 15 is 0 Å². The number of ether oxygens (including phenoxy) is 1. The van der Waals surface area contributed by atoms with E-state index in [-0.39, 0.29) is 0 Å². The summed E-state index contributed by atoms with van der Waals surface area (Å²) in [4.78, 5) is 4.63. The van der Waals surface area contributed by atoms with Crippen LogP contribution >= 0.6 is 15.9 Å². The predicted molar refractivity (Wildman–Crippen MR) is 70.8 cm³/mol. The van der Waals surface area contributed by atoms with Gasteiger partial charge in [0.25, 0.3) is 0 Å². The molecule has 3 nitrogen and oxygen atoms in total. The molecule has 0 aromatic heterocycles. The molecule has 94 valence electrons. The normalized spacial score (nSPS) is 15.6. The summed E-state index contributed by atoms with van der Waals surface area (Å²) in [5.41, 5.74) is 1.14. The Hall–Kier alpha value is -0.580. The van der Waals surface area contributed by atoms with Crippen LogP contribution in [0, 0.1) is 5.92 Å². The summed E-state index contributed by atoms with van der Waals surface area (Å²) in [6, 6.07) is 6.08. The van der Waals surface area contributed by atoms with Gasteiger partial charge in [-0.3, -0.25) is 0 Å². The Kier molecular flexibility index (Phi) is 4.83. The molecular weight excluding hydrogens is 282 g/mol. The Bertz CT molecular complexity index is 366. The van der Waals surface area contributed by atoms with Crippen LogP contribution < -0.4 is 10.6 Å². The summed E-state index contributed by atoms with van der Waals surface area (Å²) in [5, 5.41) is 0. The number of rotatable bonds is 6. The quantitative estimate of drug-likeness (QED) is 0.821. The van der Waals surface area contributed by atoms with Gasteiger partial charge in [0.1, 0.15) is 5.75 Å². The lowest BCUT2D eigenvalue weighted by atomic mass is 9.86. The lowest BCUT2D eigenvalue weighted by Gasteiger charge is -2.25. The van der Waals surface area contributed by atoms with Gasteiger partial charge in [-0.25, -0.2) is 5.90 Å². The molecule has 2 N–H and O–H groups in total. The fourth-order valence-electron chi connectivity index (χ4n) is 1.92. The first kappa shape index (κ1) is 12.9. The lowest BCUT2D eigenvalue weighted by Crippen LogP contribution is -2.19. The van der Waals surface area contributed by atoms with Crippen LogP contribution in [0.15, 0.2) is 22.7 Å². The second kappa shape index (κ2) is 6.38. The van der Waals surface area contributed by atoms with Gasteiger partial charge >= 0.3 is 0 Å². The van der Waals surface area contributed by atoms with Crippen molar-refractivity contribution in [3.05, 3.63) is 28.2 Å². The summed E-state index contributed by atoms with van der Waals surface area (Å²) in [5.74, 6) is 6.77. The fraction of sp³-hybridized carbons (Fsp3) is 0.538. The zero-order valence-electron chi connectivity index (χ0n) is 9.82. The Morgan fingerprint density at radius 2 is 2.18 bits per heavy atom. The zero-order valence-corrected chi connectivity index (χ0v) is 11.4. The van der Waals surface area contributed by atoms with Crippen molar-refractivity contribution in [3.8, 4) is 5.75 Å². The van der Waals surface area contributed by atoms with Crippen LogP contribution in [-0.2, 0) is 11.3 Å². The molecule has 0 atom stereocenters. The molecule has 1 aliphatic carbocycles. The van der Waals surface area contributed by atoms with E-state index in [2.05, 4.69) is 26.8 Å². The predicted octanol–water partition coefficient (Wildman–Crippen LogP) is 3.06. The molecule has 2 rings (SSSR count). The van der Waals surface area contributed by atoms with Crippen LogP contribution in [0.5, 0.6) is 5.75 Å². The molecule has 0 radical (unpaired) electrons. The van der Waals surface area contributed by atoms with E-state index < -0.39 is 0 Å². The molecule has 0 spiro atoms. The van der Waals surface area contributed by atoms with Crippen molar-refractivity contribution in [3.63, 3.8) is 0 Å². The molecule has 1 aromatic rings. The SMILES string of the molecule is NOCCc1cc(Br)ccc1OCC1CCC1. The van der Waals surface area contributed by atoms with Gasteiger partial charge in [0, 0.05) is 10.9 Å². The van der Waals surface area contributed by atoms with E-state index in [1.165, 1.54) is 19.3 Å². The van der Waals surface area contributed by atoms with Crippen molar-refractivity contribution in [1.82, 2.24) is 0 Å². The minimum atomic E-state index is 0.510. The molecule has 0 heterocycles. The summed E-state index contributed by atoms with van der Waals surface area (Å²) in [7, 11) is 0. The molecule has 0 saturated heterocycles. The number of hydrogen-bond acceptors (Lipinski definition) is 3. The molecule has 0 amide bonds. The van der Waals surface area contributed by atoms with Gasteiger partial charge in [0.15, 0.2) is 0 Å². The molecule has 17 heavy (non-hydrogen) atoms. The highest BCUT2D eigenvalue weighted by Crippen LogP contribution is 2.29. The zero-order chi connectivity index (χ0) is 12.1. The Morgan fingerprint density at radius 3 is 2.82 bits per heavy atom. The van der Waals surface area contributed by atoms with Crippen molar-refractivity contribution < 1.29 is 9.57 Å². The average molecular weight is 300 g/mol. The highest BCUT2D eigenvalue weighted by molar-refractivity contribution is 9.10. The third-order valence-corrected chi connectivity index (χ3v) is 3.70. The highest BCUT2D eigenvalue weighted by Gasteiger charge is 2.18. The molecule has 1 aliphatic rings. The van der Waals surface area contributed by atoms with E-state index in [0.29, 0.717) is 6.61 Å². The van der Waals surface area contributed by atoms with Gasteiger partial charge in [-0.15, -0.1) is 0 Å². The number of halogens is 1. The van der Waals surface area contributed by atoms with Crippen molar-refractivity contribution >= 4 is 15.9 Å². The first-order chi connectivity index (χ1) is 8.29. The minimum absolute atomic E-state index is 0.510. The maximum atomic E-state index is 5.88. The summed E-state index contributed by atoms with van der Waals surface area (Å²) >= 11 is 3.47. The second-order valence-electron chi connectivity index (χ2n) is 4.48. The van der Waals surface area contributed by atoms with Crippen LogP contribution in [0.3, 0.4) is 0 Å². The van der Waals surface area contributed by atoms with Crippen molar-refractivity contribution in [2.24, 2.45) is 11.8 Å². The van der Waals surface area contributed by atoms with E-state index in [9.17, 15) is 0 Å². The number of hydrogen-bond donors (Lipinski definition) is 1. The molecule has 4 heteroatoms. The van der Waals surface area contributed by atoms with Gasteiger partial charge in [0.05, 0.1) is 13.2 Å². The standard InChI is InChI=1S/C13H18BrNO2/c14-12-4-5-13(11(8-12)6-7-17-15)16-9-10-2-1-3-10/h4-5,8,10H,1-3,6-7,9,15H2. The van der Waals surface area contributed by atoms with Crippen molar-refractivity contribution in [1.29, 1.82) is 0 Å². The summed E-state index contributed by atoms with van der Waals surface area (Å²) in [6.07, 6.45) is 4.73. The lowest BCUT2D eigenvalue weighted by molar-refractivity contribution is 0.139. The van der Waals surface area contributed by atoms with Crippen LogP contribution in [-0.4, -0.2) is 13.2 Å². The first-order valence-corrected chi connectivity index (χ1v) is 6.82. The van der Waals surface area contributed by atoms with Gasteiger partial charge in [0.2, 0.25) is 0 Å². The van der Waals surface area contributed by atoms with Crippen LogP contribution in [0.1, 0.15) is 24.8 Å². The minimum Gasteiger partial charge on any atom is -0.493 e. The van der Waals surface area contributed by atoms with Crippen LogP contribution in [0.4, 0.5) is 0 Å². The van der Waals surface area contributed by atoms with Gasteiger partial charge in [-0.1, -0.05) is 22.4 Å².